The van der Waals surface area contributed by atoms with Gasteiger partial charge >= 0.3 is 0 Å². The van der Waals surface area contributed by atoms with Crippen molar-refractivity contribution >= 4 is 27.8 Å². The molecule has 1 N–H and O–H groups in total. The van der Waals surface area contributed by atoms with Gasteiger partial charge in [-0.15, -0.1) is 0 Å². The minimum absolute atomic E-state index is 0.123. The van der Waals surface area contributed by atoms with Crippen LogP contribution in [-0.2, 0) is 6.54 Å². The van der Waals surface area contributed by atoms with Crippen LogP contribution in [-0.4, -0.2) is 25.8 Å². The smallest absolute Gasteiger partial charge is 0.280 e. The Labute approximate surface area is 154 Å². The van der Waals surface area contributed by atoms with E-state index >= 15 is 0 Å². The predicted octanol–water partition coefficient (Wildman–Crippen LogP) is 3.82. The fraction of sp³-hybridized carbons (Fsp3) is 0.278. The van der Waals surface area contributed by atoms with Crippen LogP contribution in [0.2, 0.25) is 0 Å². The molecule has 7 heteroatoms. The quantitative estimate of drug-likeness (QED) is 0.675. The third kappa shape index (κ3) is 3.24. The summed E-state index contributed by atoms with van der Waals surface area (Å²) in [7, 11) is 0. The normalized spacial score (nSPS) is 11.6. The van der Waals surface area contributed by atoms with Crippen LogP contribution >= 0.6 is 15.9 Å². The molecule has 0 saturated carbocycles. The van der Waals surface area contributed by atoms with Gasteiger partial charge in [-0.05, 0) is 52.0 Å². The largest absolute Gasteiger partial charge is 0.295 e. The fourth-order valence-electron chi connectivity index (χ4n) is 2.79. The average Bonchev–Trinajstić information content (AvgIpc) is 3.03. The lowest BCUT2D eigenvalue weighted by Crippen LogP contribution is -2.17. The summed E-state index contributed by atoms with van der Waals surface area (Å²) in [5, 5.41) is 7.56. The van der Waals surface area contributed by atoms with E-state index in [4.69, 9.17) is 0 Å². The Morgan fingerprint density at radius 3 is 2.52 bits per heavy atom. The van der Waals surface area contributed by atoms with Crippen molar-refractivity contribution in [3.63, 3.8) is 0 Å². The second-order valence-corrected chi connectivity index (χ2v) is 6.78. The van der Waals surface area contributed by atoms with Crippen LogP contribution in [0.3, 0.4) is 0 Å². The van der Waals surface area contributed by atoms with E-state index in [1.54, 1.807) is 6.21 Å². The zero-order valence-electron chi connectivity index (χ0n) is 14.7. The number of hydrogen-bond donors (Lipinski definition) is 1. The average molecular weight is 402 g/mol. The minimum Gasteiger partial charge on any atom is -0.295 e. The maximum atomic E-state index is 12.7. The van der Waals surface area contributed by atoms with Crippen molar-refractivity contribution in [1.29, 1.82) is 0 Å². The van der Waals surface area contributed by atoms with Crippen molar-refractivity contribution < 1.29 is 0 Å². The van der Waals surface area contributed by atoms with E-state index in [1.165, 1.54) is 4.68 Å². The van der Waals surface area contributed by atoms with Gasteiger partial charge in [-0.25, -0.2) is 4.68 Å². The lowest BCUT2D eigenvalue weighted by Gasteiger charge is -2.00. The zero-order chi connectivity index (χ0) is 18.1. The van der Waals surface area contributed by atoms with Crippen LogP contribution in [0.15, 0.2) is 38.5 Å². The number of aryl methyl sites for hydroxylation is 3. The van der Waals surface area contributed by atoms with Crippen LogP contribution in [0.5, 0.6) is 0 Å². The summed E-state index contributed by atoms with van der Waals surface area (Å²) in [4.78, 5) is 17.3. The van der Waals surface area contributed by atoms with Gasteiger partial charge in [-0.1, -0.05) is 15.9 Å². The van der Waals surface area contributed by atoms with Crippen molar-refractivity contribution in [2.45, 2.75) is 34.2 Å². The van der Waals surface area contributed by atoms with Crippen LogP contribution in [0.4, 0.5) is 5.69 Å². The van der Waals surface area contributed by atoms with Gasteiger partial charge in [0, 0.05) is 22.9 Å². The molecule has 1 aromatic carbocycles. The van der Waals surface area contributed by atoms with Gasteiger partial charge in [0.05, 0.1) is 22.6 Å². The highest BCUT2D eigenvalue weighted by Crippen LogP contribution is 2.22. The molecule has 0 bridgehead atoms. The highest BCUT2D eigenvalue weighted by atomic mass is 79.9. The molecule has 0 aliphatic carbocycles. The van der Waals surface area contributed by atoms with E-state index in [9.17, 15) is 4.79 Å². The van der Waals surface area contributed by atoms with Crippen LogP contribution in [0.25, 0.3) is 5.69 Å². The minimum atomic E-state index is -0.123. The van der Waals surface area contributed by atoms with Gasteiger partial charge in [0.2, 0.25) is 0 Å². The Bertz CT molecular complexity index is 992. The first-order chi connectivity index (χ1) is 11.9. The van der Waals surface area contributed by atoms with E-state index in [0.29, 0.717) is 5.56 Å². The number of halogens is 1. The maximum Gasteiger partial charge on any atom is 0.280 e. The van der Waals surface area contributed by atoms with Gasteiger partial charge < -0.3 is 0 Å². The number of aromatic amines is 1. The molecule has 0 spiro atoms. The van der Waals surface area contributed by atoms with E-state index in [2.05, 4.69) is 31.1 Å². The highest BCUT2D eigenvalue weighted by molar-refractivity contribution is 9.10. The number of nitrogens with one attached hydrogen (secondary N) is 1. The summed E-state index contributed by atoms with van der Waals surface area (Å²) >= 11 is 3.40. The van der Waals surface area contributed by atoms with Gasteiger partial charge in [-0.3, -0.25) is 19.6 Å². The van der Waals surface area contributed by atoms with Gasteiger partial charge in [0.25, 0.3) is 5.56 Å². The molecule has 0 amide bonds. The summed E-state index contributed by atoms with van der Waals surface area (Å²) in [6.07, 6.45) is 1.63. The van der Waals surface area contributed by atoms with E-state index < -0.39 is 0 Å². The first-order valence-corrected chi connectivity index (χ1v) is 8.87. The molecular formula is C18H20BrN5O. The Kier molecular flexibility index (Phi) is 4.76. The van der Waals surface area contributed by atoms with Crippen molar-refractivity contribution in [3.05, 3.63) is 61.7 Å². The molecule has 2 aromatic heterocycles. The topological polar surface area (TPSA) is 68.0 Å². The zero-order valence-corrected chi connectivity index (χ0v) is 16.3. The SMILES string of the molecule is CCn1nc(C)c(N=Cc2c(C)[nH]n(-c3ccc(Br)cc3)c2=O)c1C. The molecule has 0 radical (unpaired) electrons. The Hall–Kier alpha value is -2.41. The van der Waals surface area contributed by atoms with Crippen molar-refractivity contribution in [2.75, 3.05) is 0 Å². The van der Waals surface area contributed by atoms with Crippen LogP contribution in [0, 0.1) is 20.8 Å². The molecule has 3 rings (SSSR count). The van der Waals surface area contributed by atoms with Crippen molar-refractivity contribution in [2.24, 2.45) is 4.99 Å². The molecule has 130 valence electrons. The molecule has 0 fully saturated rings. The molecule has 0 aliphatic rings. The Morgan fingerprint density at radius 2 is 1.92 bits per heavy atom. The molecule has 0 aliphatic heterocycles. The van der Waals surface area contributed by atoms with Crippen LogP contribution < -0.4 is 5.56 Å². The molecule has 0 saturated heterocycles. The van der Waals surface area contributed by atoms with Crippen molar-refractivity contribution in [1.82, 2.24) is 19.6 Å². The third-order valence-corrected chi connectivity index (χ3v) is 4.70. The Morgan fingerprint density at radius 1 is 1.24 bits per heavy atom. The van der Waals surface area contributed by atoms with Gasteiger partial charge in [0.15, 0.2) is 0 Å². The molecular weight excluding hydrogens is 382 g/mol. The molecule has 0 atom stereocenters. The molecule has 2 heterocycles. The summed E-state index contributed by atoms with van der Waals surface area (Å²) in [6, 6.07) is 7.55. The number of rotatable bonds is 4. The number of nitrogens with zero attached hydrogens (tertiary/aromatic N) is 4. The number of hydrogen-bond acceptors (Lipinski definition) is 3. The number of benzene rings is 1. The van der Waals surface area contributed by atoms with Crippen molar-refractivity contribution in [3.8, 4) is 5.69 Å². The predicted molar refractivity (Wildman–Crippen MR) is 103 cm³/mol. The lowest BCUT2D eigenvalue weighted by atomic mass is 10.2. The maximum absolute atomic E-state index is 12.7. The number of H-pyrrole nitrogens is 1. The third-order valence-electron chi connectivity index (χ3n) is 4.17. The summed E-state index contributed by atoms with van der Waals surface area (Å²) < 4.78 is 4.40. The lowest BCUT2D eigenvalue weighted by molar-refractivity contribution is 0.634. The van der Waals surface area contributed by atoms with Gasteiger partial charge in [-0.2, -0.15) is 5.10 Å². The summed E-state index contributed by atoms with van der Waals surface area (Å²) in [6.45, 7) is 8.62. The second kappa shape index (κ2) is 6.84. The number of aliphatic imine (C=N–C) groups is 1. The summed E-state index contributed by atoms with van der Waals surface area (Å²) in [5.41, 5.74) is 4.65. The Balaban J connectivity index is 2.01. The summed E-state index contributed by atoms with van der Waals surface area (Å²) in [5.74, 6) is 0. The molecule has 3 aromatic rings. The van der Waals surface area contributed by atoms with Crippen LogP contribution in [0.1, 0.15) is 29.6 Å². The number of aromatic nitrogens is 4. The first-order valence-electron chi connectivity index (χ1n) is 8.08. The molecule has 25 heavy (non-hydrogen) atoms. The van der Waals surface area contributed by atoms with Gasteiger partial charge in [0.1, 0.15) is 5.69 Å². The molecule has 0 unspecified atom stereocenters. The second-order valence-electron chi connectivity index (χ2n) is 5.86. The van der Waals surface area contributed by atoms with E-state index in [1.807, 2.05) is 56.6 Å². The highest BCUT2D eigenvalue weighted by Gasteiger charge is 2.13. The standard InChI is InChI=1S/C18H20BrN5O/c1-5-23-13(4)17(12(3)21-23)20-10-16-11(2)22-24(18(16)25)15-8-6-14(19)7-9-15/h6-10,22H,5H2,1-4H3. The van der Waals surface area contributed by atoms with E-state index in [0.717, 1.165) is 39.5 Å². The first kappa shape index (κ1) is 17.4. The monoisotopic (exact) mass is 401 g/mol. The fourth-order valence-corrected chi connectivity index (χ4v) is 3.06. The molecule has 6 nitrogen and oxygen atoms in total. The van der Waals surface area contributed by atoms with E-state index in [-0.39, 0.29) is 5.56 Å².